The van der Waals surface area contributed by atoms with Crippen molar-refractivity contribution in [3.05, 3.63) is 69.4 Å². The summed E-state index contributed by atoms with van der Waals surface area (Å²) in [7, 11) is 0. The SMILES string of the molecule is O=C(NCCN1CCC(n2c(=O)[nH]c3ccccc32)CC1)c1ccc(F)cc1Cl.O=C(O)C(F)(F)F. The molecule has 194 valence electrons. The molecule has 1 saturated heterocycles. The first-order chi connectivity index (χ1) is 17.0. The highest BCUT2D eigenvalue weighted by Crippen LogP contribution is 2.24. The van der Waals surface area contributed by atoms with E-state index in [0.717, 1.165) is 43.0 Å². The van der Waals surface area contributed by atoms with Crippen LogP contribution in [0.25, 0.3) is 11.0 Å². The first kappa shape index (κ1) is 27.2. The Bertz CT molecular complexity index is 1280. The molecular weight excluding hydrogens is 508 g/mol. The molecule has 13 heteroatoms. The fraction of sp³-hybridized carbons (Fsp3) is 0.348. The van der Waals surface area contributed by atoms with Crippen LogP contribution in [0.3, 0.4) is 0 Å². The number of amides is 1. The molecule has 3 aromatic rings. The molecule has 2 heterocycles. The Morgan fingerprint density at radius 2 is 1.78 bits per heavy atom. The van der Waals surface area contributed by atoms with Crippen LogP contribution in [0.1, 0.15) is 29.2 Å². The van der Waals surface area contributed by atoms with E-state index in [-0.39, 0.29) is 28.2 Å². The quantitative estimate of drug-likeness (QED) is 0.435. The lowest BCUT2D eigenvalue weighted by atomic mass is 10.0. The highest BCUT2D eigenvalue weighted by molar-refractivity contribution is 6.33. The van der Waals surface area contributed by atoms with Gasteiger partial charge in [-0.05, 0) is 43.2 Å². The number of para-hydroxylation sites is 2. The number of hydrogen-bond donors (Lipinski definition) is 3. The minimum atomic E-state index is -5.08. The summed E-state index contributed by atoms with van der Waals surface area (Å²) < 4.78 is 46.7. The summed E-state index contributed by atoms with van der Waals surface area (Å²) in [5.41, 5.74) is 2.01. The van der Waals surface area contributed by atoms with Gasteiger partial charge in [0.1, 0.15) is 5.82 Å². The number of likely N-dealkylation sites (tertiary alicyclic amines) is 1. The fourth-order valence-electron chi connectivity index (χ4n) is 3.93. The number of carboxylic acids is 1. The van der Waals surface area contributed by atoms with Gasteiger partial charge in [0.2, 0.25) is 0 Å². The maximum Gasteiger partial charge on any atom is 0.490 e. The summed E-state index contributed by atoms with van der Waals surface area (Å²) >= 11 is 5.93. The highest BCUT2D eigenvalue weighted by Gasteiger charge is 2.38. The van der Waals surface area contributed by atoms with E-state index in [1.165, 1.54) is 12.1 Å². The number of aromatic amines is 1. The number of carbonyl (C=O) groups excluding carboxylic acids is 1. The molecular formula is C23H23ClF4N4O4. The van der Waals surface area contributed by atoms with Crippen LogP contribution in [0.2, 0.25) is 5.02 Å². The molecule has 1 aliphatic rings. The number of alkyl halides is 3. The molecule has 0 unspecified atom stereocenters. The molecule has 0 spiro atoms. The number of rotatable bonds is 5. The number of nitrogens with zero attached hydrogens (tertiary/aromatic N) is 2. The number of piperidine rings is 1. The smallest absolute Gasteiger partial charge is 0.475 e. The van der Waals surface area contributed by atoms with Crippen LogP contribution >= 0.6 is 11.6 Å². The second-order valence-electron chi connectivity index (χ2n) is 8.07. The predicted octanol–water partition coefficient (Wildman–Crippen LogP) is 3.82. The van der Waals surface area contributed by atoms with Gasteiger partial charge in [-0.3, -0.25) is 9.36 Å². The lowest BCUT2D eigenvalue weighted by molar-refractivity contribution is -0.192. The van der Waals surface area contributed by atoms with Gasteiger partial charge in [-0.15, -0.1) is 0 Å². The van der Waals surface area contributed by atoms with Crippen molar-refractivity contribution in [2.75, 3.05) is 26.2 Å². The maximum absolute atomic E-state index is 13.1. The number of imidazole rings is 1. The normalized spacial score (nSPS) is 14.8. The molecule has 8 nitrogen and oxygen atoms in total. The fourth-order valence-corrected chi connectivity index (χ4v) is 4.19. The zero-order valence-corrected chi connectivity index (χ0v) is 19.6. The second kappa shape index (κ2) is 11.6. The van der Waals surface area contributed by atoms with Gasteiger partial charge in [-0.2, -0.15) is 13.2 Å². The Morgan fingerprint density at radius 3 is 2.39 bits per heavy atom. The van der Waals surface area contributed by atoms with Gasteiger partial charge in [-0.1, -0.05) is 23.7 Å². The number of benzene rings is 2. The minimum Gasteiger partial charge on any atom is -0.475 e. The van der Waals surface area contributed by atoms with Crippen LogP contribution in [0.4, 0.5) is 17.6 Å². The van der Waals surface area contributed by atoms with Gasteiger partial charge in [0.25, 0.3) is 5.91 Å². The third-order valence-corrected chi connectivity index (χ3v) is 5.99. The molecule has 0 saturated carbocycles. The Balaban J connectivity index is 0.000000454. The van der Waals surface area contributed by atoms with Crippen molar-refractivity contribution < 1.29 is 32.3 Å². The monoisotopic (exact) mass is 530 g/mol. The van der Waals surface area contributed by atoms with Crippen LogP contribution in [0.5, 0.6) is 0 Å². The topological polar surface area (TPSA) is 107 Å². The predicted molar refractivity (Wildman–Crippen MR) is 125 cm³/mol. The van der Waals surface area contributed by atoms with Crippen LogP contribution < -0.4 is 11.0 Å². The van der Waals surface area contributed by atoms with Gasteiger partial charge in [0.05, 0.1) is 21.6 Å². The number of H-pyrrole nitrogens is 1. The van der Waals surface area contributed by atoms with Gasteiger partial charge < -0.3 is 20.3 Å². The van der Waals surface area contributed by atoms with E-state index in [2.05, 4.69) is 15.2 Å². The van der Waals surface area contributed by atoms with Crippen LogP contribution in [0, 0.1) is 5.82 Å². The van der Waals surface area contributed by atoms with Crippen molar-refractivity contribution in [1.29, 1.82) is 0 Å². The number of carbonyl (C=O) groups is 2. The van der Waals surface area contributed by atoms with Gasteiger partial charge in [0, 0.05) is 32.2 Å². The van der Waals surface area contributed by atoms with E-state index < -0.39 is 18.0 Å². The number of aliphatic carboxylic acids is 1. The third-order valence-electron chi connectivity index (χ3n) is 5.68. The van der Waals surface area contributed by atoms with E-state index in [0.29, 0.717) is 13.1 Å². The van der Waals surface area contributed by atoms with Crippen LogP contribution in [-0.4, -0.2) is 63.8 Å². The standard InChI is InChI=1S/C21H22ClFN4O2.C2HF3O2/c22-17-13-14(23)5-6-16(17)20(28)24-9-12-26-10-7-15(8-11-26)27-19-4-2-1-3-18(19)25-21(27)29;3-2(4,5)1(6)7/h1-6,13,15H,7-12H2,(H,24,28)(H,25,29);(H,6,7). The molecule has 3 N–H and O–H groups in total. The zero-order valence-electron chi connectivity index (χ0n) is 18.8. The van der Waals surface area contributed by atoms with Crippen molar-refractivity contribution in [2.45, 2.75) is 25.1 Å². The van der Waals surface area contributed by atoms with Crippen molar-refractivity contribution >= 4 is 34.5 Å². The molecule has 2 aromatic carbocycles. The second-order valence-corrected chi connectivity index (χ2v) is 8.48. The average molecular weight is 531 g/mol. The summed E-state index contributed by atoms with van der Waals surface area (Å²) in [6.07, 6.45) is -3.33. The van der Waals surface area contributed by atoms with E-state index in [9.17, 15) is 27.2 Å². The van der Waals surface area contributed by atoms with Gasteiger partial charge in [0.15, 0.2) is 0 Å². The first-order valence-electron chi connectivity index (χ1n) is 10.9. The molecule has 1 aliphatic heterocycles. The van der Waals surface area contributed by atoms with E-state index >= 15 is 0 Å². The Morgan fingerprint density at radius 1 is 1.14 bits per heavy atom. The lowest BCUT2D eigenvalue weighted by Gasteiger charge is -2.32. The molecule has 0 aliphatic carbocycles. The van der Waals surface area contributed by atoms with Crippen molar-refractivity contribution in [2.24, 2.45) is 0 Å². The maximum atomic E-state index is 13.1. The molecule has 0 atom stereocenters. The summed E-state index contributed by atoms with van der Waals surface area (Å²) in [4.78, 5) is 38.7. The highest BCUT2D eigenvalue weighted by atomic mass is 35.5. The molecule has 1 fully saturated rings. The van der Waals surface area contributed by atoms with E-state index in [4.69, 9.17) is 21.5 Å². The summed E-state index contributed by atoms with van der Waals surface area (Å²) in [6, 6.07) is 11.6. The molecule has 1 aromatic heterocycles. The van der Waals surface area contributed by atoms with E-state index in [1.54, 1.807) is 0 Å². The van der Waals surface area contributed by atoms with E-state index in [1.807, 2.05) is 28.8 Å². The third kappa shape index (κ3) is 6.85. The number of nitrogens with one attached hydrogen (secondary N) is 2. The Labute approximate surface area is 207 Å². The van der Waals surface area contributed by atoms with Crippen molar-refractivity contribution in [1.82, 2.24) is 19.8 Å². The van der Waals surface area contributed by atoms with Gasteiger partial charge in [-0.25, -0.2) is 14.0 Å². The number of aromatic nitrogens is 2. The molecule has 1 amide bonds. The van der Waals surface area contributed by atoms with Crippen LogP contribution in [0.15, 0.2) is 47.3 Å². The molecule has 36 heavy (non-hydrogen) atoms. The average Bonchev–Trinajstić information content (AvgIpc) is 3.15. The lowest BCUT2D eigenvalue weighted by Crippen LogP contribution is -2.41. The molecule has 0 radical (unpaired) electrons. The Hall–Kier alpha value is -3.38. The molecule has 4 rings (SSSR count). The largest absolute Gasteiger partial charge is 0.490 e. The number of halogens is 5. The number of carboxylic acid groups (broad SMARTS) is 1. The number of hydrogen-bond acceptors (Lipinski definition) is 4. The Kier molecular flexibility index (Phi) is 8.75. The first-order valence-corrected chi connectivity index (χ1v) is 11.3. The summed E-state index contributed by atoms with van der Waals surface area (Å²) in [5, 5.41) is 10.1. The summed E-state index contributed by atoms with van der Waals surface area (Å²) in [5.74, 6) is -3.54. The van der Waals surface area contributed by atoms with Crippen LogP contribution in [-0.2, 0) is 4.79 Å². The van der Waals surface area contributed by atoms with Gasteiger partial charge >= 0.3 is 17.8 Å². The summed E-state index contributed by atoms with van der Waals surface area (Å²) in [6.45, 7) is 2.89. The molecule has 0 bridgehead atoms. The zero-order chi connectivity index (χ0) is 26.5. The number of fused-ring (bicyclic) bond motifs is 1. The minimum absolute atomic E-state index is 0.0620. The van der Waals surface area contributed by atoms with Crippen molar-refractivity contribution in [3.8, 4) is 0 Å². The van der Waals surface area contributed by atoms with Crippen molar-refractivity contribution in [3.63, 3.8) is 0 Å².